The molecule has 1 aromatic heterocycles. The Balaban J connectivity index is 0.000000640. The summed E-state index contributed by atoms with van der Waals surface area (Å²) >= 11 is 8.62. The Bertz CT molecular complexity index is 177. The zero-order chi connectivity index (χ0) is 5.98. The van der Waals surface area contributed by atoms with Crippen LogP contribution in [0.3, 0.4) is 0 Å². The number of aromatic nitrogens is 2. The molecule has 0 aliphatic heterocycles. The molecular weight excluding hydrogens is 227 g/mol. The Morgan fingerprint density at radius 2 is 2.44 bits per heavy atom. The van der Waals surface area contributed by atoms with Gasteiger partial charge in [-0.25, -0.2) is 4.98 Å². The molecule has 5 heteroatoms. The zero-order valence-electron chi connectivity index (χ0n) is 4.40. The van der Waals surface area contributed by atoms with Gasteiger partial charge in [0.25, 0.3) is 0 Å². The minimum atomic E-state index is 0. The lowest BCUT2D eigenvalue weighted by molar-refractivity contribution is 1.11. The van der Waals surface area contributed by atoms with Crippen LogP contribution in [-0.4, -0.2) is 9.97 Å². The van der Waals surface area contributed by atoms with Gasteiger partial charge in [0.1, 0.15) is 10.4 Å². The third-order valence-electron chi connectivity index (χ3n) is 0.724. The average molecular weight is 232 g/mol. The van der Waals surface area contributed by atoms with Gasteiger partial charge in [0.15, 0.2) is 0 Å². The first-order valence-corrected chi connectivity index (χ1v) is 3.41. The van der Waals surface area contributed by atoms with Crippen LogP contribution in [0, 0.1) is 0 Å². The van der Waals surface area contributed by atoms with Crippen molar-refractivity contribution in [2.24, 2.45) is 0 Å². The van der Waals surface area contributed by atoms with Crippen molar-refractivity contribution in [3.8, 4) is 0 Å². The lowest BCUT2D eigenvalue weighted by Gasteiger charge is -1.79. The predicted octanol–water partition coefficient (Wildman–Crippen LogP) is 2.33. The first-order chi connectivity index (χ1) is 3.83. The maximum absolute atomic E-state index is 5.43. The second-order valence-corrected chi connectivity index (χ2v) is 2.43. The van der Waals surface area contributed by atoms with E-state index in [0.717, 1.165) is 10.4 Å². The maximum Gasteiger partial charge on any atom is 0.121 e. The second-order valence-electron chi connectivity index (χ2n) is 1.31. The summed E-state index contributed by atoms with van der Waals surface area (Å²) in [7, 11) is 0. The summed E-state index contributed by atoms with van der Waals surface area (Å²) in [6, 6.07) is 0. The molecule has 0 aromatic carbocycles. The van der Waals surface area contributed by atoms with E-state index in [9.17, 15) is 0 Å². The van der Waals surface area contributed by atoms with Crippen molar-refractivity contribution in [1.82, 2.24) is 9.97 Å². The highest BCUT2D eigenvalue weighted by Crippen LogP contribution is 2.05. The number of rotatable bonds is 1. The third kappa shape index (κ3) is 2.56. The average Bonchev–Trinajstić information content (AvgIpc) is 2.14. The molecule has 0 saturated carbocycles. The number of halogens is 3. The van der Waals surface area contributed by atoms with Crippen LogP contribution >= 0.6 is 39.9 Å². The number of hydrogen-bond donors (Lipinski definition) is 1. The summed E-state index contributed by atoms with van der Waals surface area (Å²) in [5, 5.41) is 0. The molecule has 0 bridgehead atoms. The monoisotopic (exact) mass is 230 g/mol. The van der Waals surface area contributed by atoms with Gasteiger partial charge in [-0.2, -0.15) is 0 Å². The van der Waals surface area contributed by atoms with Gasteiger partial charge in [-0.15, -0.1) is 24.0 Å². The van der Waals surface area contributed by atoms with E-state index < -0.39 is 0 Å². The summed E-state index contributed by atoms with van der Waals surface area (Å²) < 4.78 is 0.869. The van der Waals surface area contributed by atoms with E-state index >= 15 is 0 Å². The normalized spacial score (nSPS) is 8.67. The minimum Gasteiger partial charge on any atom is -0.336 e. The molecular formula is C4H5BrCl2N2. The van der Waals surface area contributed by atoms with Crippen LogP contribution in [0.5, 0.6) is 0 Å². The van der Waals surface area contributed by atoms with Gasteiger partial charge in [0.05, 0.1) is 12.1 Å². The molecule has 9 heavy (non-hydrogen) atoms. The lowest BCUT2D eigenvalue weighted by atomic mass is 10.7. The fourth-order valence-corrected chi connectivity index (χ4v) is 0.872. The number of alkyl halides is 1. The van der Waals surface area contributed by atoms with E-state index in [1.807, 2.05) is 0 Å². The van der Waals surface area contributed by atoms with Crippen molar-refractivity contribution >= 4 is 39.9 Å². The van der Waals surface area contributed by atoms with E-state index in [2.05, 4.69) is 25.9 Å². The van der Waals surface area contributed by atoms with Crippen molar-refractivity contribution in [3.05, 3.63) is 16.6 Å². The molecule has 0 unspecified atom stereocenters. The molecule has 1 N–H and O–H groups in total. The smallest absolute Gasteiger partial charge is 0.121 e. The Kier molecular flexibility index (Phi) is 4.27. The quantitative estimate of drug-likeness (QED) is 0.739. The van der Waals surface area contributed by atoms with Gasteiger partial charge in [0, 0.05) is 0 Å². The number of nitrogens with one attached hydrogen (secondary N) is 1. The predicted molar refractivity (Wildman–Crippen MR) is 43.1 cm³/mol. The Hall–Kier alpha value is 0.270. The van der Waals surface area contributed by atoms with E-state index in [1.54, 1.807) is 6.20 Å². The van der Waals surface area contributed by atoms with Crippen molar-refractivity contribution in [2.45, 2.75) is 5.88 Å². The van der Waals surface area contributed by atoms with Crippen molar-refractivity contribution < 1.29 is 0 Å². The molecule has 1 rings (SSSR count). The molecule has 1 aromatic rings. The standard InChI is InChI=1S/C4H4BrClN2.ClH/c5-3-2-7-4(1-6)8-3;/h2H,1H2,(H,7,8);1H. The van der Waals surface area contributed by atoms with Crippen LogP contribution in [0.4, 0.5) is 0 Å². The molecule has 0 fully saturated rings. The number of H-pyrrole nitrogens is 1. The van der Waals surface area contributed by atoms with Gasteiger partial charge in [-0.05, 0) is 15.9 Å². The Morgan fingerprint density at radius 1 is 1.78 bits per heavy atom. The molecule has 0 spiro atoms. The molecule has 0 radical (unpaired) electrons. The van der Waals surface area contributed by atoms with Crippen LogP contribution < -0.4 is 0 Å². The number of nitrogens with zero attached hydrogens (tertiary/aromatic N) is 1. The highest BCUT2D eigenvalue weighted by Gasteiger charge is 1.92. The van der Waals surface area contributed by atoms with Crippen LogP contribution in [0.15, 0.2) is 10.8 Å². The zero-order valence-corrected chi connectivity index (χ0v) is 7.55. The molecule has 0 atom stereocenters. The van der Waals surface area contributed by atoms with Gasteiger partial charge < -0.3 is 4.98 Å². The topological polar surface area (TPSA) is 28.7 Å². The van der Waals surface area contributed by atoms with E-state index in [-0.39, 0.29) is 12.4 Å². The third-order valence-corrected chi connectivity index (χ3v) is 1.38. The molecule has 0 aliphatic carbocycles. The largest absolute Gasteiger partial charge is 0.336 e. The lowest BCUT2D eigenvalue weighted by Crippen LogP contribution is -1.76. The summed E-state index contributed by atoms with van der Waals surface area (Å²) in [4.78, 5) is 6.80. The number of hydrogen-bond acceptors (Lipinski definition) is 1. The van der Waals surface area contributed by atoms with Gasteiger partial charge in [-0.3, -0.25) is 0 Å². The SMILES string of the molecule is Cl.ClCc1ncc(Br)[nH]1. The van der Waals surface area contributed by atoms with E-state index in [0.29, 0.717) is 5.88 Å². The van der Waals surface area contributed by atoms with Gasteiger partial charge in [0.2, 0.25) is 0 Å². The minimum absolute atomic E-state index is 0. The van der Waals surface area contributed by atoms with Crippen LogP contribution in [0.1, 0.15) is 5.82 Å². The Labute approximate surface area is 72.5 Å². The molecule has 1 heterocycles. The molecule has 0 amide bonds. The highest BCUT2D eigenvalue weighted by molar-refractivity contribution is 9.10. The highest BCUT2D eigenvalue weighted by atomic mass is 79.9. The van der Waals surface area contributed by atoms with Crippen molar-refractivity contribution in [1.29, 1.82) is 0 Å². The van der Waals surface area contributed by atoms with E-state index in [1.165, 1.54) is 0 Å². The summed E-state index contributed by atoms with van der Waals surface area (Å²) in [5.74, 6) is 1.23. The second kappa shape index (κ2) is 4.14. The molecule has 0 aliphatic rings. The molecule has 52 valence electrons. The summed E-state index contributed by atoms with van der Waals surface area (Å²) in [5.41, 5.74) is 0. The van der Waals surface area contributed by atoms with Crippen molar-refractivity contribution in [2.75, 3.05) is 0 Å². The summed E-state index contributed by atoms with van der Waals surface area (Å²) in [6.45, 7) is 0. The maximum atomic E-state index is 5.43. The van der Waals surface area contributed by atoms with Crippen LogP contribution in [-0.2, 0) is 5.88 Å². The fourth-order valence-electron chi connectivity index (χ4n) is 0.405. The fraction of sp³-hybridized carbons (Fsp3) is 0.250. The summed E-state index contributed by atoms with van der Waals surface area (Å²) in [6.07, 6.45) is 1.68. The first kappa shape index (κ1) is 9.27. The van der Waals surface area contributed by atoms with Gasteiger partial charge >= 0.3 is 0 Å². The first-order valence-electron chi connectivity index (χ1n) is 2.08. The Morgan fingerprint density at radius 3 is 2.67 bits per heavy atom. The van der Waals surface area contributed by atoms with Crippen LogP contribution in [0.25, 0.3) is 0 Å². The van der Waals surface area contributed by atoms with Crippen LogP contribution in [0.2, 0.25) is 0 Å². The van der Waals surface area contributed by atoms with Gasteiger partial charge in [-0.1, -0.05) is 0 Å². The number of aromatic amines is 1. The van der Waals surface area contributed by atoms with E-state index in [4.69, 9.17) is 11.6 Å². The van der Waals surface area contributed by atoms with Crippen molar-refractivity contribution in [3.63, 3.8) is 0 Å². The number of imidazole rings is 1. The molecule has 2 nitrogen and oxygen atoms in total. The molecule has 0 saturated heterocycles.